The van der Waals surface area contributed by atoms with Crippen LogP contribution in [0.5, 0.6) is 0 Å². The molecule has 2 rings (SSSR count). The molecule has 0 aromatic carbocycles. The van der Waals surface area contributed by atoms with Crippen LogP contribution in [0, 0.1) is 0 Å². The van der Waals surface area contributed by atoms with Gasteiger partial charge in [-0.3, -0.25) is 0 Å². The van der Waals surface area contributed by atoms with Crippen molar-refractivity contribution in [1.82, 2.24) is 0 Å². The van der Waals surface area contributed by atoms with Crippen LogP contribution in [0.4, 0.5) is 0 Å². The van der Waals surface area contributed by atoms with E-state index in [1.54, 1.807) is 5.57 Å². The summed E-state index contributed by atoms with van der Waals surface area (Å²) in [5.41, 5.74) is 1.55. The van der Waals surface area contributed by atoms with Crippen molar-refractivity contribution in [1.29, 1.82) is 0 Å². The summed E-state index contributed by atoms with van der Waals surface area (Å²) in [6, 6.07) is 0. The molecular weight excluding hydrogens is 200 g/mol. The molecule has 84 valence electrons. The minimum atomic E-state index is 0.870. The first-order chi connectivity index (χ1) is 7.36. The topological polar surface area (TPSA) is 0 Å². The van der Waals surface area contributed by atoms with Crippen molar-refractivity contribution in [2.24, 2.45) is 0 Å². The molecule has 15 heavy (non-hydrogen) atoms. The van der Waals surface area contributed by atoms with Crippen molar-refractivity contribution < 1.29 is 0 Å². The molecule has 1 saturated carbocycles. The lowest BCUT2D eigenvalue weighted by atomic mass is 9.99. The second kappa shape index (κ2) is 5.79. The smallest absolute Gasteiger partial charge is 0.00942 e. The largest absolute Gasteiger partial charge is 0.123 e. The third kappa shape index (κ3) is 3.41. The van der Waals surface area contributed by atoms with E-state index in [9.17, 15) is 0 Å². The van der Waals surface area contributed by atoms with Crippen molar-refractivity contribution >= 4 is 11.8 Å². The van der Waals surface area contributed by atoms with Gasteiger partial charge in [-0.1, -0.05) is 31.9 Å². The molecule has 0 saturated heterocycles. The maximum Gasteiger partial charge on any atom is 0.00942 e. The number of hydrogen-bond donors (Lipinski definition) is 0. The zero-order chi connectivity index (χ0) is 10.5. The summed E-state index contributed by atoms with van der Waals surface area (Å²) in [7, 11) is 0. The van der Waals surface area contributed by atoms with Gasteiger partial charge >= 0.3 is 0 Å². The van der Waals surface area contributed by atoms with Crippen LogP contribution in [0.3, 0.4) is 0 Å². The predicted octanol–water partition coefficient (Wildman–Crippen LogP) is 5.07. The van der Waals surface area contributed by atoms with Crippen LogP contribution in [0.1, 0.15) is 57.8 Å². The van der Waals surface area contributed by atoms with Crippen LogP contribution in [0.2, 0.25) is 0 Å². The predicted molar refractivity (Wildman–Crippen MR) is 70.2 cm³/mol. The molecule has 0 unspecified atom stereocenters. The Hall–Kier alpha value is -0.170. The fraction of sp³-hybridized carbons (Fsp3) is 0.714. The highest BCUT2D eigenvalue weighted by Gasteiger charge is 2.17. The average Bonchev–Trinajstić information content (AvgIpc) is 2.31. The Morgan fingerprint density at radius 2 is 1.93 bits per heavy atom. The first kappa shape index (κ1) is 11.3. The monoisotopic (exact) mass is 222 g/mol. The van der Waals surface area contributed by atoms with Gasteiger partial charge < -0.3 is 0 Å². The summed E-state index contributed by atoms with van der Waals surface area (Å²) < 4.78 is 0. The van der Waals surface area contributed by atoms with Crippen LogP contribution >= 0.6 is 11.8 Å². The van der Waals surface area contributed by atoms with Crippen LogP contribution in [0.15, 0.2) is 23.1 Å². The summed E-state index contributed by atoms with van der Waals surface area (Å²) in [6.45, 7) is 4.27. The maximum absolute atomic E-state index is 4.27. The molecule has 0 amide bonds. The van der Waals surface area contributed by atoms with Gasteiger partial charge in [0.05, 0.1) is 0 Å². The molecule has 0 spiro atoms. The van der Waals surface area contributed by atoms with Crippen molar-refractivity contribution in [3.63, 3.8) is 0 Å². The summed E-state index contributed by atoms with van der Waals surface area (Å²) in [5, 5.41) is 0.870. The molecule has 0 heterocycles. The Balaban J connectivity index is 1.82. The summed E-state index contributed by atoms with van der Waals surface area (Å²) >= 11 is 2.06. The molecule has 0 atom stereocenters. The lowest BCUT2D eigenvalue weighted by Crippen LogP contribution is -2.08. The Morgan fingerprint density at radius 1 is 1.13 bits per heavy atom. The summed E-state index contributed by atoms with van der Waals surface area (Å²) in [6.07, 6.45) is 14.9. The number of allylic oxidation sites excluding steroid dienone is 2. The molecule has 0 aromatic heterocycles. The molecule has 1 fully saturated rings. The van der Waals surface area contributed by atoms with Gasteiger partial charge in [0.1, 0.15) is 0 Å². The fourth-order valence-corrected chi connectivity index (χ4v) is 3.86. The highest BCUT2D eigenvalue weighted by atomic mass is 32.2. The molecule has 1 heteroatoms. The highest BCUT2D eigenvalue weighted by Crippen LogP contribution is 2.37. The van der Waals surface area contributed by atoms with E-state index in [1.807, 2.05) is 0 Å². The molecule has 0 nitrogen and oxygen atoms in total. The summed E-state index contributed by atoms with van der Waals surface area (Å²) in [4.78, 5) is 1.38. The highest BCUT2D eigenvalue weighted by molar-refractivity contribution is 8.03. The van der Waals surface area contributed by atoms with Crippen LogP contribution in [-0.4, -0.2) is 5.25 Å². The molecule has 0 aromatic rings. The molecular formula is C14H22S. The van der Waals surface area contributed by atoms with Gasteiger partial charge in [0.15, 0.2) is 0 Å². The lowest BCUT2D eigenvalue weighted by molar-refractivity contribution is 0.516. The van der Waals surface area contributed by atoms with E-state index in [-0.39, 0.29) is 0 Å². The van der Waals surface area contributed by atoms with Gasteiger partial charge in [-0.25, -0.2) is 0 Å². The number of thioether (sulfide) groups is 1. The average molecular weight is 222 g/mol. The SMILES string of the molecule is C=C(SC1CCCCC1)C1=CCCCC1. The standard InChI is InChI=1S/C14H22S/c1-12(13-8-4-2-5-9-13)15-14-10-6-3-7-11-14/h8,14H,1-7,9-11H2. The number of hydrogen-bond acceptors (Lipinski definition) is 1. The minimum absolute atomic E-state index is 0.870. The molecule has 0 N–H and O–H groups in total. The zero-order valence-electron chi connectivity index (χ0n) is 9.63. The zero-order valence-corrected chi connectivity index (χ0v) is 10.5. The Bertz CT molecular complexity index is 246. The van der Waals surface area contributed by atoms with Crippen LogP contribution < -0.4 is 0 Å². The van der Waals surface area contributed by atoms with Gasteiger partial charge in [-0.2, -0.15) is 0 Å². The van der Waals surface area contributed by atoms with Crippen LogP contribution in [0.25, 0.3) is 0 Å². The fourth-order valence-electron chi connectivity index (χ4n) is 2.55. The third-order valence-corrected chi connectivity index (χ3v) is 4.86. The van der Waals surface area contributed by atoms with Gasteiger partial charge in [0.2, 0.25) is 0 Å². The van der Waals surface area contributed by atoms with Crippen molar-refractivity contribution in [2.45, 2.75) is 63.0 Å². The summed E-state index contributed by atoms with van der Waals surface area (Å²) in [5.74, 6) is 0. The molecule has 2 aliphatic carbocycles. The molecule has 2 aliphatic rings. The third-order valence-electron chi connectivity index (χ3n) is 3.51. The van der Waals surface area contributed by atoms with Crippen LogP contribution in [-0.2, 0) is 0 Å². The van der Waals surface area contributed by atoms with E-state index in [4.69, 9.17) is 0 Å². The normalized spacial score (nSPS) is 23.6. The van der Waals surface area contributed by atoms with E-state index in [0.717, 1.165) is 5.25 Å². The Labute approximate surface area is 98.2 Å². The second-order valence-electron chi connectivity index (χ2n) is 4.78. The van der Waals surface area contributed by atoms with Crippen molar-refractivity contribution in [3.8, 4) is 0 Å². The molecule has 0 aliphatic heterocycles. The van der Waals surface area contributed by atoms with E-state index < -0.39 is 0 Å². The molecule has 0 radical (unpaired) electrons. The van der Waals surface area contributed by atoms with Gasteiger partial charge in [0.25, 0.3) is 0 Å². The van der Waals surface area contributed by atoms with Gasteiger partial charge in [-0.05, 0) is 44.1 Å². The Kier molecular flexibility index (Phi) is 4.37. The molecule has 0 bridgehead atoms. The first-order valence-electron chi connectivity index (χ1n) is 6.41. The van der Waals surface area contributed by atoms with Crippen molar-refractivity contribution in [2.75, 3.05) is 0 Å². The second-order valence-corrected chi connectivity index (χ2v) is 6.17. The van der Waals surface area contributed by atoms with E-state index in [0.29, 0.717) is 0 Å². The Morgan fingerprint density at radius 3 is 2.60 bits per heavy atom. The quantitative estimate of drug-likeness (QED) is 0.642. The van der Waals surface area contributed by atoms with E-state index in [1.165, 1.54) is 62.7 Å². The first-order valence-corrected chi connectivity index (χ1v) is 7.29. The van der Waals surface area contributed by atoms with Gasteiger partial charge in [-0.15, -0.1) is 11.8 Å². The minimum Gasteiger partial charge on any atom is -0.123 e. The van der Waals surface area contributed by atoms with Crippen molar-refractivity contribution in [3.05, 3.63) is 23.1 Å². The lowest BCUT2D eigenvalue weighted by Gasteiger charge is -2.23. The number of rotatable bonds is 3. The van der Waals surface area contributed by atoms with E-state index in [2.05, 4.69) is 24.4 Å². The van der Waals surface area contributed by atoms with E-state index >= 15 is 0 Å². The van der Waals surface area contributed by atoms with Gasteiger partial charge in [0, 0.05) is 10.2 Å². The maximum atomic E-state index is 4.27.